The van der Waals surface area contributed by atoms with E-state index in [4.69, 9.17) is 4.74 Å². The number of benzene rings is 2. The van der Waals surface area contributed by atoms with Gasteiger partial charge in [-0.05, 0) is 60.7 Å². The molecule has 2 nitrogen and oxygen atoms in total. The van der Waals surface area contributed by atoms with Crippen molar-refractivity contribution in [2.24, 2.45) is 5.92 Å². The SMILES string of the molecule is Fc1cccc(/C(=C\OCc2ccccc2)C2CCNCC2)c1. The second-order valence-corrected chi connectivity index (χ2v) is 5.90. The van der Waals surface area contributed by atoms with Gasteiger partial charge in [-0.1, -0.05) is 42.5 Å². The molecule has 120 valence electrons. The van der Waals surface area contributed by atoms with Crippen LogP contribution in [0.25, 0.3) is 5.57 Å². The molecule has 0 spiro atoms. The van der Waals surface area contributed by atoms with Crippen molar-refractivity contribution in [3.8, 4) is 0 Å². The Morgan fingerprint density at radius 3 is 2.61 bits per heavy atom. The van der Waals surface area contributed by atoms with E-state index in [2.05, 4.69) is 5.32 Å². The Kier molecular flexibility index (Phi) is 5.43. The molecule has 1 heterocycles. The molecule has 0 radical (unpaired) electrons. The monoisotopic (exact) mass is 311 g/mol. The molecular formula is C20H22FNO. The van der Waals surface area contributed by atoms with Crippen LogP contribution in [0.1, 0.15) is 24.0 Å². The van der Waals surface area contributed by atoms with E-state index in [1.54, 1.807) is 12.1 Å². The summed E-state index contributed by atoms with van der Waals surface area (Å²) in [5, 5.41) is 3.37. The fourth-order valence-electron chi connectivity index (χ4n) is 3.00. The summed E-state index contributed by atoms with van der Waals surface area (Å²) in [7, 11) is 0. The number of piperidine rings is 1. The van der Waals surface area contributed by atoms with Gasteiger partial charge in [0.05, 0.1) is 6.26 Å². The van der Waals surface area contributed by atoms with E-state index >= 15 is 0 Å². The van der Waals surface area contributed by atoms with Crippen molar-refractivity contribution in [3.05, 3.63) is 77.8 Å². The van der Waals surface area contributed by atoms with Crippen molar-refractivity contribution in [2.45, 2.75) is 19.4 Å². The Balaban J connectivity index is 1.78. The maximum absolute atomic E-state index is 13.6. The molecule has 1 aliphatic heterocycles. The van der Waals surface area contributed by atoms with Gasteiger partial charge in [0, 0.05) is 0 Å². The van der Waals surface area contributed by atoms with E-state index in [-0.39, 0.29) is 5.82 Å². The summed E-state index contributed by atoms with van der Waals surface area (Å²) >= 11 is 0. The molecule has 0 amide bonds. The average molecular weight is 311 g/mol. The predicted molar refractivity (Wildman–Crippen MR) is 91.2 cm³/mol. The lowest BCUT2D eigenvalue weighted by Gasteiger charge is -2.25. The molecule has 3 heteroatoms. The lowest BCUT2D eigenvalue weighted by Crippen LogP contribution is -2.28. The summed E-state index contributed by atoms with van der Waals surface area (Å²) in [6, 6.07) is 16.9. The van der Waals surface area contributed by atoms with Crippen LogP contribution in [0, 0.1) is 11.7 Å². The fourth-order valence-corrected chi connectivity index (χ4v) is 3.00. The van der Waals surface area contributed by atoms with Gasteiger partial charge < -0.3 is 10.1 Å². The second kappa shape index (κ2) is 7.93. The molecule has 2 aromatic rings. The van der Waals surface area contributed by atoms with Gasteiger partial charge in [-0.15, -0.1) is 0 Å². The summed E-state index contributed by atoms with van der Waals surface area (Å²) in [6.45, 7) is 2.52. The topological polar surface area (TPSA) is 21.3 Å². The van der Waals surface area contributed by atoms with Crippen LogP contribution in [0.2, 0.25) is 0 Å². The standard InChI is InChI=1S/C20H22FNO/c21-19-8-4-7-18(13-19)20(17-9-11-22-12-10-17)15-23-14-16-5-2-1-3-6-16/h1-8,13,15,17,22H,9-12,14H2/b20-15-. The third-order valence-electron chi connectivity index (χ3n) is 4.24. The Bertz CT molecular complexity index is 648. The van der Waals surface area contributed by atoms with Crippen molar-refractivity contribution < 1.29 is 9.13 Å². The van der Waals surface area contributed by atoms with Crippen LogP contribution in [-0.4, -0.2) is 13.1 Å². The summed E-state index contributed by atoms with van der Waals surface area (Å²) in [5.41, 5.74) is 3.15. The maximum Gasteiger partial charge on any atom is 0.123 e. The van der Waals surface area contributed by atoms with Gasteiger partial charge in [-0.2, -0.15) is 0 Å². The van der Waals surface area contributed by atoms with E-state index in [0.29, 0.717) is 12.5 Å². The summed E-state index contributed by atoms with van der Waals surface area (Å²) in [6.07, 6.45) is 3.94. The van der Waals surface area contributed by atoms with Gasteiger partial charge in [0.1, 0.15) is 12.4 Å². The minimum Gasteiger partial charge on any atom is -0.496 e. The zero-order valence-corrected chi connectivity index (χ0v) is 13.2. The Morgan fingerprint density at radius 1 is 1.09 bits per heavy atom. The van der Waals surface area contributed by atoms with Crippen LogP contribution in [-0.2, 0) is 11.3 Å². The number of rotatable bonds is 5. The predicted octanol–water partition coefficient (Wildman–Crippen LogP) is 4.38. The molecule has 23 heavy (non-hydrogen) atoms. The van der Waals surface area contributed by atoms with E-state index in [9.17, 15) is 4.39 Å². The van der Waals surface area contributed by atoms with Gasteiger partial charge >= 0.3 is 0 Å². The quantitative estimate of drug-likeness (QED) is 0.827. The third kappa shape index (κ3) is 4.42. The van der Waals surface area contributed by atoms with Crippen LogP contribution in [0.3, 0.4) is 0 Å². The minimum absolute atomic E-state index is 0.203. The van der Waals surface area contributed by atoms with Crippen molar-refractivity contribution in [3.63, 3.8) is 0 Å². The lowest BCUT2D eigenvalue weighted by atomic mass is 9.86. The zero-order valence-electron chi connectivity index (χ0n) is 13.2. The van der Waals surface area contributed by atoms with Gasteiger partial charge in [0.25, 0.3) is 0 Å². The number of hydrogen-bond acceptors (Lipinski definition) is 2. The summed E-state index contributed by atoms with van der Waals surface area (Å²) in [5.74, 6) is 0.208. The molecular weight excluding hydrogens is 289 g/mol. The normalized spacial score (nSPS) is 16.3. The van der Waals surface area contributed by atoms with Gasteiger partial charge in [0.15, 0.2) is 0 Å². The Labute approximate surface area is 137 Å². The fraction of sp³-hybridized carbons (Fsp3) is 0.300. The van der Waals surface area contributed by atoms with Crippen LogP contribution in [0.5, 0.6) is 0 Å². The van der Waals surface area contributed by atoms with E-state index < -0.39 is 0 Å². The zero-order chi connectivity index (χ0) is 15.9. The number of nitrogens with one attached hydrogen (secondary N) is 1. The second-order valence-electron chi connectivity index (χ2n) is 5.90. The van der Waals surface area contributed by atoms with Crippen molar-refractivity contribution in [2.75, 3.05) is 13.1 Å². The Morgan fingerprint density at radius 2 is 1.87 bits per heavy atom. The first kappa shape index (κ1) is 15.8. The number of halogens is 1. The number of hydrogen-bond donors (Lipinski definition) is 1. The number of allylic oxidation sites excluding steroid dienone is 1. The molecule has 1 fully saturated rings. The van der Waals surface area contributed by atoms with Gasteiger partial charge in [-0.3, -0.25) is 0 Å². The highest BCUT2D eigenvalue weighted by Crippen LogP contribution is 2.30. The van der Waals surface area contributed by atoms with Gasteiger partial charge in [0.2, 0.25) is 0 Å². The van der Waals surface area contributed by atoms with E-state index in [0.717, 1.165) is 42.6 Å². The average Bonchev–Trinajstić information content (AvgIpc) is 2.60. The first-order valence-electron chi connectivity index (χ1n) is 8.15. The summed E-state index contributed by atoms with van der Waals surface area (Å²) < 4.78 is 19.4. The molecule has 1 saturated heterocycles. The highest BCUT2D eigenvalue weighted by Gasteiger charge is 2.19. The Hall–Kier alpha value is -2.13. The van der Waals surface area contributed by atoms with Crippen LogP contribution < -0.4 is 5.32 Å². The van der Waals surface area contributed by atoms with E-state index in [1.807, 2.05) is 42.7 Å². The first-order chi connectivity index (χ1) is 11.3. The van der Waals surface area contributed by atoms with Crippen LogP contribution >= 0.6 is 0 Å². The highest BCUT2D eigenvalue weighted by atomic mass is 19.1. The lowest BCUT2D eigenvalue weighted by molar-refractivity contribution is 0.235. The molecule has 0 bridgehead atoms. The molecule has 1 N–H and O–H groups in total. The molecule has 0 unspecified atom stereocenters. The largest absolute Gasteiger partial charge is 0.496 e. The van der Waals surface area contributed by atoms with Gasteiger partial charge in [-0.25, -0.2) is 4.39 Å². The van der Waals surface area contributed by atoms with Crippen molar-refractivity contribution in [1.29, 1.82) is 0 Å². The van der Waals surface area contributed by atoms with Crippen molar-refractivity contribution >= 4 is 5.57 Å². The summed E-state index contributed by atoms with van der Waals surface area (Å²) in [4.78, 5) is 0. The molecule has 0 atom stereocenters. The molecule has 0 aliphatic carbocycles. The molecule has 0 saturated carbocycles. The molecule has 3 rings (SSSR count). The van der Waals surface area contributed by atoms with E-state index in [1.165, 1.54) is 6.07 Å². The van der Waals surface area contributed by atoms with Crippen LogP contribution in [0.4, 0.5) is 4.39 Å². The third-order valence-corrected chi connectivity index (χ3v) is 4.24. The molecule has 0 aromatic heterocycles. The highest BCUT2D eigenvalue weighted by molar-refractivity contribution is 5.66. The molecule has 2 aromatic carbocycles. The van der Waals surface area contributed by atoms with Crippen molar-refractivity contribution in [1.82, 2.24) is 5.32 Å². The smallest absolute Gasteiger partial charge is 0.123 e. The number of ether oxygens (including phenoxy) is 1. The first-order valence-corrected chi connectivity index (χ1v) is 8.15. The maximum atomic E-state index is 13.6. The molecule has 1 aliphatic rings. The minimum atomic E-state index is -0.203. The van der Waals surface area contributed by atoms with Crippen LogP contribution in [0.15, 0.2) is 60.9 Å².